The second-order valence-electron chi connectivity index (χ2n) is 8.04. The number of rotatable bonds is 4. The van der Waals surface area contributed by atoms with Gasteiger partial charge < -0.3 is 14.1 Å². The van der Waals surface area contributed by atoms with Crippen LogP contribution in [0.1, 0.15) is 65.7 Å². The van der Waals surface area contributed by atoms with Crippen LogP contribution < -0.4 is 4.90 Å². The summed E-state index contributed by atoms with van der Waals surface area (Å²) in [6.07, 6.45) is 5.51. The molecule has 1 atom stereocenters. The Hall–Kier alpha value is -1.64. The second kappa shape index (κ2) is 7.17. The quantitative estimate of drug-likeness (QED) is 0.728. The summed E-state index contributed by atoms with van der Waals surface area (Å²) in [5, 5.41) is 6.90. The lowest BCUT2D eigenvalue weighted by Gasteiger charge is -2.26. The van der Waals surface area contributed by atoms with Crippen molar-refractivity contribution in [2.24, 2.45) is 0 Å². The van der Waals surface area contributed by atoms with E-state index in [0.29, 0.717) is 25.8 Å². The lowest BCUT2D eigenvalue weighted by molar-refractivity contribution is -0.156. The Morgan fingerprint density at radius 3 is 2.46 bits per heavy atom. The zero-order valence-corrected chi connectivity index (χ0v) is 16.4. The lowest BCUT2D eigenvalue weighted by atomic mass is 10.0. The molecule has 0 spiro atoms. The summed E-state index contributed by atoms with van der Waals surface area (Å²) in [6, 6.07) is -0.451. The first-order valence-electron chi connectivity index (χ1n) is 9.25. The van der Waals surface area contributed by atoms with Crippen LogP contribution in [-0.2, 0) is 19.4 Å². The average molecular weight is 385 g/mol. The van der Waals surface area contributed by atoms with Gasteiger partial charge in [0.25, 0.3) is 0 Å². The highest BCUT2D eigenvalue weighted by molar-refractivity contribution is 7.91. The molecule has 1 aliphatic heterocycles. The van der Waals surface area contributed by atoms with Crippen LogP contribution >= 0.6 is 0 Å². The number of anilines is 1. The van der Waals surface area contributed by atoms with Gasteiger partial charge in [-0.2, -0.15) is 0 Å². The molecule has 3 rings (SSSR count). The molecule has 2 heterocycles. The van der Waals surface area contributed by atoms with Crippen molar-refractivity contribution in [2.75, 3.05) is 11.4 Å². The van der Waals surface area contributed by atoms with Crippen LogP contribution in [0.2, 0.25) is 0 Å². The zero-order chi connectivity index (χ0) is 18.9. The molecule has 0 N–H and O–H groups in total. The van der Waals surface area contributed by atoms with Crippen molar-refractivity contribution in [3.8, 4) is 0 Å². The second-order valence-corrected chi connectivity index (χ2v) is 10.1. The molecule has 1 saturated carbocycles. The van der Waals surface area contributed by atoms with Gasteiger partial charge in [0.2, 0.25) is 9.84 Å². The molecule has 8 nitrogen and oxygen atoms in total. The fourth-order valence-electron chi connectivity index (χ4n) is 3.56. The molecule has 0 amide bonds. The van der Waals surface area contributed by atoms with Gasteiger partial charge in [-0.1, -0.05) is 29.5 Å². The first kappa shape index (κ1) is 19.1. The highest BCUT2D eigenvalue weighted by Gasteiger charge is 2.39. The number of carbonyl (C=O) groups excluding carboxylic acids is 1. The van der Waals surface area contributed by atoms with Crippen molar-refractivity contribution in [1.82, 2.24) is 10.2 Å². The van der Waals surface area contributed by atoms with E-state index >= 15 is 0 Å². The van der Waals surface area contributed by atoms with Gasteiger partial charge >= 0.3 is 17.2 Å². The van der Waals surface area contributed by atoms with Gasteiger partial charge in [0.1, 0.15) is 11.6 Å². The van der Waals surface area contributed by atoms with Gasteiger partial charge in [0, 0.05) is 6.54 Å². The molecule has 1 aliphatic carbocycles. The molecular weight excluding hydrogens is 358 g/mol. The van der Waals surface area contributed by atoms with E-state index in [0.717, 1.165) is 25.7 Å². The summed E-state index contributed by atoms with van der Waals surface area (Å²) in [4.78, 5) is 14.1. The normalized spacial score (nSPS) is 22.6. The Balaban J connectivity index is 1.77. The molecule has 0 radical (unpaired) electrons. The Bertz CT molecular complexity index is 747. The molecule has 146 valence electrons. The van der Waals surface area contributed by atoms with Gasteiger partial charge in [-0.3, -0.25) is 0 Å². The van der Waals surface area contributed by atoms with E-state index in [9.17, 15) is 13.2 Å². The van der Waals surface area contributed by atoms with Crippen LogP contribution in [0.15, 0.2) is 9.64 Å². The number of ether oxygens (including phenoxy) is 1. The van der Waals surface area contributed by atoms with Crippen LogP contribution in [-0.4, -0.2) is 48.0 Å². The summed E-state index contributed by atoms with van der Waals surface area (Å²) in [5.74, 6) is -0.357. The topological polar surface area (TPSA) is 103 Å². The van der Waals surface area contributed by atoms with Crippen molar-refractivity contribution in [3.05, 3.63) is 0 Å². The highest BCUT2D eigenvalue weighted by Crippen LogP contribution is 2.31. The maximum absolute atomic E-state index is 12.7. The minimum absolute atomic E-state index is 0.0766. The summed E-state index contributed by atoms with van der Waals surface area (Å²) in [7, 11) is -3.62. The summed E-state index contributed by atoms with van der Waals surface area (Å²) >= 11 is 0. The molecule has 2 fully saturated rings. The number of sulfone groups is 1. The third-order valence-electron chi connectivity index (χ3n) is 4.81. The maximum atomic E-state index is 12.7. The van der Waals surface area contributed by atoms with E-state index in [1.165, 1.54) is 0 Å². The Morgan fingerprint density at radius 2 is 1.81 bits per heavy atom. The summed E-state index contributed by atoms with van der Waals surface area (Å²) in [5.41, 5.74) is -0.588. The van der Waals surface area contributed by atoms with Crippen molar-refractivity contribution in [3.63, 3.8) is 0 Å². The Labute approximate surface area is 154 Å². The third kappa shape index (κ3) is 4.02. The monoisotopic (exact) mass is 385 g/mol. The van der Waals surface area contributed by atoms with Gasteiger partial charge in [-0.05, 0) is 46.5 Å². The fourth-order valence-corrected chi connectivity index (χ4v) is 5.15. The number of nitrogens with zero attached hydrogens (tertiary/aromatic N) is 3. The number of aromatic nitrogens is 2. The number of esters is 1. The van der Waals surface area contributed by atoms with E-state index in [2.05, 4.69) is 10.2 Å². The van der Waals surface area contributed by atoms with Crippen LogP contribution in [0, 0.1) is 0 Å². The molecule has 0 bridgehead atoms. The molecule has 1 saturated heterocycles. The third-order valence-corrected chi connectivity index (χ3v) is 6.81. The van der Waals surface area contributed by atoms with E-state index in [1.54, 1.807) is 4.90 Å². The van der Waals surface area contributed by atoms with Crippen LogP contribution in [0.5, 0.6) is 0 Å². The van der Waals surface area contributed by atoms with Crippen molar-refractivity contribution in [1.29, 1.82) is 0 Å². The average Bonchev–Trinajstić information content (AvgIpc) is 3.23. The highest BCUT2D eigenvalue weighted by atomic mass is 32.2. The van der Waals surface area contributed by atoms with E-state index in [-0.39, 0.29) is 17.2 Å². The standard InChI is InChI=1S/C17H27N3O5S/c1-17(2,3)25-14(21)13-10-7-11-20(13)15-18-19-16(24-15)26(22,23)12-8-5-4-6-9-12/h12-13H,4-11H2,1-3H3. The Kier molecular flexibility index (Phi) is 5.28. The van der Waals surface area contributed by atoms with Crippen molar-refractivity contribution >= 4 is 21.8 Å². The minimum atomic E-state index is -3.62. The van der Waals surface area contributed by atoms with Crippen LogP contribution in [0.4, 0.5) is 6.01 Å². The van der Waals surface area contributed by atoms with Gasteiger partial charge in [0.05, 0.1) is 5.25 Å². The molecule has 2 aliphatic rings. The van der Waals surface area contributed by atoms with Gasteiger partial charge in [0.15, 0.2) is 0 Å². The summed E-state index contributed by atoms with van der Waals surface area (Å²) < 4.78 is 36.4. The molecule has 1 unspecified atom stereocenters. The van der Waals surface area contributed by atoms with E-state index in [4.69, 9.17) is 9.15 Å². The predicted molar refractivity (Wildman–Crippen MR) is 94.6 cm³/mol. The first-order valence-corrected chi connectivity index (χ1v) is 10.8. The molecule has 9 heteroatoms. The maximum Gasteiger partial charge on any atom is 0.337 e. The van der Waals surface area contributed by atoms with Gasteiger partial charge in [-0.25, -0.2) is 13.2 Å². The number of hydrogen-bond acceptors (Lipinski definition) is 8. The van der Waals surface area contributed by atoms with Crippen LogP contribution in [0.3, 0.4) is 0 Å². The van der Waals surface area contributed by atoms with E-state index < -0.39 is 26.7 Å². The number of carbonyl (C=O) groups is 1. The zero-order valence-electron chi connectivity index (χ0n) is 15.6. The fraction of sp³-hybridized carbons (Fsp3) is 0.824. The SMILES string of the molecule is CC(C)(C)OC(=O)C1CCCN1c1nnc(S(=O)(=O)C2CCCCC2)o1. The number of hydrogen-bond donors (Lipinski definition) is 0. The lowest BCUT2D eigenvalue weighted by Crippen LogP contribution is -2.40. The first-order chi connectivity index (χ1) is 12.2. The molecule has 26 heavy (non-hydrogen) atoms. The minimum Gasteiger partial charge on any atom is -0.458 e. The van der Waals surface area contributed by atoms with Crippen molar-refractivity contribution < 1.29 is 22.4 Å². The van der Waals surface area contributed by atoms with Gasteiger partial charge in [-0.15, -0.1) is 0 Å². The van der Waals surface area contributed by atoms with Crippen LogP contribution in [0.25, 0.3) is 0 Å². The molecule has 0 aromatic carbocycles. The largest absolute Gasteiger partial charge is 0.458 e. The Morgan fingerprint density at radius 1 is 1.12 bits per heavy atom. The predicted octanol–water partition coefficient (Wildman–Crippen LogP) is 2.49. The molecule has 1 aromatic rings. The molecular formula is C17H27N3O5S. The van der Waals surface area contributed by atoms with Crippen molar-refractivity contribution in [2.45, 2.75) is 87.8 Å². The smallest absolute Gasteiger partial charge is 0.337 e. The van der Waals surface area contributed by atoms with E-state index in [1.807, 2.05) is 20.8 Å². The summed E-state index contributed by atoms with van der Waals surface area (Å²) in [6.45, 7) is 5.98. The molecule has 1 aromatic heterocycles.